The van der Waals surface area contributed by atoms with Gasteiger partial charge >= 0.3 is 0 Å². The molecule has 0 aliphatic rings. The summed E-state index contributed by atoms with van der Waals surface area (Å²) < 4.78 is 23.4. The zero-order valence-corrected chi connectivity index (χ0v) is 10.2. The lowest BCUT2D eigenvalue weighted by atomic mass is 10.2. The summed E-state index contributed by atoms with van der Waals surface area (Å²) in [5, 5.41) is 0.0845. The first-order chi connectivity index (χ1) is 6.42. The lowest BCUT2D eigenvalue weighted by Gasteiger charge is -2.06. The Kier molecular flexibility index (Phi) is 3.61. The molecule has 14 heavy (non-hydrogen) atoms. The Morgan fingerprint density at radius 1 is 1.14 bits per heavy atom. The third kappa shape index (κ3) is 3.03. The van der Waals surface area contributed by atoms with Crippen LogP contribution in [0.25, 0.3) is 0 Å². The van der Waals surface area contributed by atoms with Gasteiger partial charge in [0, 0.05) is 5.25 Å². The highest BCUT2D eigenvalue weighted by Crippen LogP contribution is 2.26. The summed E-state index contributed by atoms with van der Waals surface area (Å²) in [4.78, 5) is 0.391. The van der Waals surface area contributed by atoms with Crippen LogP contribution in [-0.4, -0.2) is 13.7 Å². The highest BCUT2D eigenvalue weighted by Gasteiger charge is 2.16. The first-order valence-corrected chi connectivity index (χ1v) is 7.30. The maximum Gasteiger partial charge on any atom is 0.230 e. The minimum atomic E-state index is -3.16. The van der Waals surface area contributed by atoms with E-state index in [1.807, 2.05) is 32.9 Å². The van der Waals surface area contributed by atoms with Crippen LogP contribution in [0.5, 0.6) is 0 Å². The third-order valence-corrected chi connectivity index (χ3v) is 5.61. The summed E-state index contributed by atoms with van der Waals surface area (Å²) in [6.07, 6.45) is 0. The number of benzene rings is 1. The van der Waals surface area contributed by atoms with Gasteiger partial charge in [-0.15, -0.1) is 0 Å². The van der Waals surface area contributed by atoms with E-state index in [-0.39, 0.29) is 5.25 Å². The van der Waals surface area contributed by atoms with Gasteiger partial charge in [0.1, 0.15) is 0 Å². The zero-order chi connectivity index (χ0) is 10.8. The molecule has 78 valence electrons. The first kappa shape index (κ1) is 11.6. The molecule has 0 radical (unpaired) electrons. The lowest BCUT2D eigenvalue weighted by molar-refractivity contribution is 0.610. The summed E-state index contributed by atoms with van der Waals surface area (Å²) in [5.41, 5.74) is 1.07. The second-order valence-electron chi connectivity index (χ2n) is 3.41. The van der Waals surface area contributed by atoms with Crippen LogP contribution < -0.4 is 0 Å². The smallest absolute Gasteiger partial charge is 0.212 e. The van der Waals surface area contributed by atoms with Crippen molar-refractivity contribution >= 4 is 19.7 Å². The number of rotatable bonds is 3. The fourth-order valence-electron chi connectivity index (χ4n) is 1.01. The van der Waals surface area contributed by atoms with Crippen molar-refractivity contribution in [2.75, 3.05) is 0 Å². The van der Waals surface area contributed by atoms with E-state index in [0.717, 1.165) is 16.4 Å². The largest absolute Gasteiger partial charge is 0.230 e. The van der Waals surface area contributed by atoms with Gasteiger partial charge in [-0.1, -0.05) is 31.5 Å². The second kappa shape index (κ2) is 4.36. The van der Waals surface area contributed by atoms with Crippen LogP contribution in [0.4, 0.5) is 0 Å². The Balaban J connectivity index is 2.99. The van der Waals surface area contributed by atoms with Gasteiger partial charge in [-0.2, -0.15) is 0 Å². The fourth-order valence-corrected chi connectivity index (χ4v) is 4.29. The summed E-state index contributed by atoms with van der Waals surface area (Å²) in [7, 11) is -2.17. The standard InChI is InChI=1S/C10H14O2S2/c1-8(2)13-14(11,12)10-6-4-9(3)5-7-10/h4-8H,1-3H3. The molecule has 0 bridgehead atoms. The highest BCUT2D eigenvalue weighted by molar-refractivity contribution is 8.72. The van der Waals surface area contributed by atoms with Crippen molar-refractivity contribution < 1.29 is 8.42 Å². The van der Waals surface area contributed by atoms with Crippen molar-refractivity contribution in [1.82, 2.24) is 0 Å². The van der Waals surface area contributed by atoms with Crippen molar-refractivity contribution in [2.45, 2.75) is 30.9 Å². The average Bonchev–Trinajstić information content (AvgIpc) is 2.02. The molecule has 0 fully saturated rings. The van der Waals surface area contributed by atoms with Gasteiger partial charge in [0.15, 0.2) is 0 Å². The van der Waals surface area contributed by atoms with E-state index in [1.165, 1.54) is 0 Å². The molecule has 0 amide bonds. The molecule has 1 rings (SSSR count). The maximum atomic E-state index is 11.7. The third-order valence-electron chi connectivity index (χ3n) is 1.63. The first-order valence-electron chi connectivity index (χ1n) is 4.42. The summed E-state index contributed by atoms with van der Waals surface area (Å²) >= 11 is 0. The van der Waals surface area contributed by atoms with Crippen LogP contribution in [0.3, 0.4) is 0 Å². The van der Waals surface area contributed by atoms with Crippen molar-refractivity contribution in [2.24, 2.45) is 0 Å². The molecule has 0 heterocycles. The van der Waals surface area contributed by atoms with Gasteiger partial charge in [0.25, 0.3) is 0 Å². The van der Waals surface area contributed by atoms with Crippen LogP contribution in [0.2, 0.25) is 0 Å². The normalized spacial score (nSPS) is 12.0. The highest BCUT2D eigenvalue weighted by atomic mass is 33.1. The van der Waals surface area contributed by atoms with E-state index in [2.05, 4.69) is 0 Å². The minimum absolute atomic E-state index is 0.0845. The van der Waals surface area contributed by atoms with Gasteiger partial charge < -0.3 is 0 Å². The Labute approximate surface area is 89.0 Å². The molecule has 0 aromatic heterocycles. The average molecular weight is 230 g/mol. The molecule has 0 N–H and O–H groups in total. The Hall–Kier alpha value is -0.480. The monoisotopic (exact) mass is 230 g/mol. The molecule has 0 atom stereocenters. The molecule has 0 saturated carbocycles. The van der Waals surface area contributed by atoms with Crippen LogP contribution in [0.1, 0.15) is 19.4 Å². The van der Waals surface area contributed by atoms with Crippen LogP contribution in [-0.2, 0) is 8.87 Å². The molecule has 1 aromatic carbocycles. The molecule has 0 spiro atoms. The quantitative estimate of drug-likeness (QED) is 0.749. The van der Waals surface area contributed by atoms with Crippen molar-refractivity contribution in [3.8, 4) is 0 Å². The topological polar surface area (TPSA) is 34.1 Å². The van der Waals surface area contributed by atoms with E-state index in [4.69, 9.17) is 0 Å². The molecule has 1 aromatic rings. The van der Waals surface area contributed by atoms with Crippen molar-refractivity contribution in [3.63, 3.8) is 0 Å². The summed E-state index contributed by atoms with van der Waals surface area (Å²) in [5.74, 6) is 0. The van der Waals surface area contributed by atoms with Gasteiger partial charge in [-0.25, -0.2) is 8.42 Å². The molecule has 2 nitrogen and oxygen atoms in total. The van der Waals surface area contributed by atoms with Gasteiger partial charge in [-0.3, -0.25) is 0 Å². The summed E-state index contributed by atoms with van der Waals surface area (Å²) in [6, 6.07) is 6.93. The van der Waals surface area contributed by atoms with E-state index in [9.17, 15) is 8.42 Å². The maximum absolute atomic E-state index is 11.7. The van der Waals surface area contributed by atoms with Gasteiger partial charge in [-0.05, 0) is 29.9 Å². The van der Waals surface area contributed by atoms with Crippen molar-refractivity contribution in [3.05, 3.63) is 29.8 Å². The molecular formula is C10H14O2S2. The molecular weight excluding hydrogens is 216 g/mol. The lowest BCUT2D eigenvalue weighted by Crippen LogP contribution is -2.00. The Bertz CT molecular complexity index is 391. The predicted octanol–water partition coefficient (Wildman–Crippen LogP) is 2.83. The van der Waals surface area contributed by atoms with Crippen LogP contribution in [0, 0.1) is 6.92 Å². The predicted molar refractivity (Wildman–Crippen MR) is 61.1 cm³/mol. The number of hydrogen-bond acceptors (Lipinski definition) is 3. The molecule has 0 saturated heterocycles. The molecule has 0 aliphatic carbocycles. The van der Waals surface area contributed by atoms with Crippen LogP contribution >= 0.6 is 10.8 Å². The number of hydrogen-bond donors (Lipinski definition) is 0. The van der Waals surface area contributed by atoms with Gasteiger partial charge in [0.05, 0.1) is 4.90 Å². The SMILES string of the molecule is Cc1ccc(S(=O)(=O)SC(C)C)cc1. The minimum Gasteiger partial charge on any atom is -0.212 e. The molecule has 0 aliphatic heterocycles. The van der Waals surface area contributed by atoms with E-state index in [1.54, 1.807) is 12.1 Å². The molecule has 4 heteroatoms. The van der Waals surface area contributed by atoms with E-state index >= 15 is 0 Å². The van der Waals surface area contributed by atoms with E-state index in [0.29, 0.717) is 4.90 Å². The number of aryl methyl sites for hydroxylation is 1. The second-order valence-corrected chi connectivity index (χ2v) is 7.82. The fraction of sp³-hybridized carbons (Fsp3) is 0.400. The Morgan fingerprint density at radius 3 is 2.07 bits per heavy atom. The molecule has 0 unspecified atom stereocenters. The zero-order valence-electron chi connectivity index (χ0n) is 8.52. The van der Waals surface area contributed by atoms with Crippen LogP contribution in [0.15, 0.2) is 29.2 Å². The van der Waals surface area contributed by atoms with Crippen molar-refractivity contribution in [1.29, 1.82) is 0 Å². The van der Waals surface area contributed by atoms with Gasteiger partial charge in [0.2, 0.25) is 8.87 Å². The Morgan fingerprint density at radius 2 is 1.64 bits per heavy atom. The van der Waals surface area contributed by atoms with E-state index < -0.39 is 8.87 Å². The summed E-state index contributed by atoms with van der Waals surface area (Å²) in [6.45, 7) is 5.68.